The lowest BCUT2D eigenvalue weighted by Gasteiger charge is -2.47. The Balaban J connectivity index is 1.91. The van der Waals surface area contributed by atoms with Crippen LogP contribution in [0.15, 0.2) is 0 Å². The second kappa shape index (κ2) is 2.94. The van der Waals surface area contributed by atoms with E-state index in [-0.39, 0.29) is 11.3 Å². The Hall–Kier alpha value is -0.610. The molecule has 4 heteroatoms. The van der Waals surface area contributed by atoms with Gasteiger partial charge in [0.1, 0.15) is 0 Å². The maximum Gasteiger partial charge on any atom is 0.230 e. The van der Waals surface area contributed by atoms with Crippen LogP contribution in [0, 0.1) is 5.41 Å². The Kier molecular flexibility index (Phi) is 2.08. The fraction of sp³-hybridized carbons (Fsp3) is 0.900. The van der Waals surface area contributed by atoms with Gasteiger partial charge >= 0.3 is 0 Å². The quantitative estimate of drug-likeness (QED) is 0.655. The molecule has 0 aromatic rings. The van der Waals surface area contributed by atoms with E-state index in [2.05, 4.69) is 0 Å². The van der Waals surface area contributed by atoms with Gasteiger partial charge in [0, 0.05) is 6.54 Å². The van der Waals surface area contributed by atoms with Crippen molar-refractivity contribution in [2.45, 2.75) is 31.8 Å². The summed E-state index contributed by atoms with van der Waals surface area (Å²) in [6.07, 6.45) is 2.55. The third-order valence-corrected chi connectivity index (χ3v) is 3.61. The Morgan fingerprint density at radius 1 is 1.50 bits per heavy atom. The van der Waals surface area contributed by atoms with Gasteiger partial charge in [-0.15, -0.1) is 0 Å². The summed E-state index contributed by atoms with van der Waals surface area (Å²) in [5.74, 6) is 0.151. The molecular formula is C10H18N2O2. The number of nitrogens with two attached hydrogens (primary N) is 1. The van der Waals surface area contributed by atoms with Gasteiger partial charge in [-0.05, 0) is 19.3 Å². The smallest absolute Gasteiger partial charge is 0.230 e. The van der Waals surface area contributed by atoms with Gasteiger partial charge in [-0.2, -0.15) is 0 Å². The van der Waals surface area contributed by atoms with Gasteiger partial charge in [0.25, 0.3) is 0 Å². The first-order valence-corrected chi connectivity index (χ1v) is 5.27. The van der Waals surface area contributed by atoms with E-state index in [0.717, 1.165) is 12.8 Å². The topological polar surface area (TPSA) is 66.6 Å². The molecule has 0 aromatic heterocycles. The molecule has 1 heterocycles. The number of amides is 1. The highest BCUT2D eigenvalue weighted by molar-refractivity contribution is 5.86. The predicted molar refractivity (Wildman–Crippen MR) is 52.5 cm³/mol. The Bertz CT molecular complexity index is 255. The van der Waals surface area contributed by atoms with E-state index in [0.29, 0.717) is 26.1 Å². The second-order valence-corrected chi connectivity index (χ2v) is 4.72. The summed E-state index contributed by atoms with van der Waals surface area (Å²) in [6, 6.07) is 0. The number of β-amino-alcohol motifs (C(OH)–C–C–N with tert-alkyl or cyclic N) is 1. The normalized spacial score (nSPS) is 26.9. The van der Waals surface area contributed by atoms with Gasteiger partial charge in [0.15, 0.2) is 0 Å². The molecule has 2 fully saturated rings. The number of nitrogens with zero attached hydrogens (tertiary/aromatic N) is 1. The fourth-order valence-electron chi connectivity index (χ4n) is 2.02. The zero-order valence-electron chi connectivity index (χ0n) is 8.62. The molecule has 0 unspecified atom stereocenters. The average Bonchev–Trinajstić information content (AvgIpc) is 2.92. The molecule has 1 aliphatic carbocycles. The lowest BCUT2D eigenvalue weighted by atomic mass is 9.89. The Labute approximate surface area is 84.1 Å². The zero-order valence-corrected chi connectivity index (χ0v) is 8.62. The van der Waals surface area contributed by atoms with E-state index in [1.54, 1.807) is 4.90 Å². The third kappa shape index (κ3) is 1.33. The fourth-order valence-corrected chi connectivity index (χ4v) is 2.02. The van der Waals surface area contributed by atoms with Crippen molar-refractivity contribution in [1.29, 1.82) is 0 Å². The van der Waals surface area contributed by atoms with Crippen molar-refractivity contribution in [1.82, 2.24) is 4.90 Å². The van der Waals surface area contributed by atoms with Crippen molar-refractivity contribution in [2.75, 3.05) is 19.6 Å². The number of hydrogen-bond acceptors (Lipinski definition) is 3. The molecule has 2 aliphatic rings. The minimum atomic E-state index is -0.625. The monoisotopic (exact) mass is 198 g/mol. The summed E-state index contributed by atoms with van der Waals surface area (Å²) in [4.78, 5) is 13.6. The van der Waals surface area contributed by atoms with Gasteiger partial charge < -0.3 is 15.7 Å². The van der Waals surface area contributed by atoms with E-state index in [1.807, 2.05) is 6.92 Å². The van der Waals surface area contributed by atoms with Crippen LogP contribution in [0.2, 0.25) is 0 Å². The van der Waals surface area contributed by atoms with Crippen LogP contribution in [0.4, 0.5) is 0 Å². The van der Waals surface area contributed by atoms with Crippen LogP contribution in [0.3, 0.4) is 0 Å². The van der Waals surface area contributed by atoms with Crippen LogP contribution in [-0.2, 0) is 4.79 Å². The van der Waals surface area contributed by atoms with Crippen LogP contribution in [0.1, 0.15) is 26.2 Å². The van der Waals surface area contributed by atoms with Crippen LogP contribution < -0.4 is 5.73 Å². The first-order chi connectivity index (χ1) is 6.55. The number of rotatable bonds is 3. The molecule has 1 saturated carbocycles. The van der Waals surface area contributed by atoms with Gasteiger partial charge in [-0.3, -0.25) is 4.79 Å². The highest BCUT2D eigenvalue weighted by Crippen LogP contribution is 2.47. The predicted octanol–water partition coefficient (Wildman–Crippen LogP) is -0.291. The molecule has 0 radical (unpaired) electrons. The number of aliphatic hydroxyl groups is 1. The van der Waals surface area contributed by atoms with Gasteiger partial charge in [0.05, 0.1) is 24.1 Å². The van der Waals surface area contributed by atoms with E-state index in [4.69, 9.17) is 5.73 Å². The zero-order chi connectivity index (χ0) is 10.4. The molecule has 1 aliphatic heterocycles. The molecule has 14 heavy (non-hydrogen) atoms. The van der Waals surface area contributed by atoms with Gasteiger partial charge in [-0.1, -0.05) is 6.92 Å². The van der Waals surface area contributed by atoms with Crippen molar-refractivity contribution in [2.24, 2.45) is 11.1 Å². The summed E-state index contributed by atoms with van der Waals surface area (Å²) >= 11 is 0. The lowest BCUT2D eigenvalue weighted by Crippen LogP contribution is -2.64. The maximum atomic E-state index is 11.9. The molecule has 4 nitrogen and oxygen atoms in total. The number of hydrogen-bond donors (Lipinski definition) is 2. The summed E-state index contributed by atoms with van der Waals surface area (Å²) in [6.45, 7) is 3.37. The average molecular weight is 198 g/mol. The molecule has 0 aromatic carbocycles. The van der Waals surface area contributed by atoms with Crippen LogP contribution >= 0.6 is 0 Å². The van der Waals surface area contributed by atoms with E-state index < -0.39 is 5.60 Å². The minimum Gasteiger partial charge on any atom is -0.386 e. The molecule has 3 N–H and O–H groups in total. The number of carbonyl (C=O) groups excluding carboxylic acids is 1. The van der Waals surface area contributed by atoms with Crippen molar-refractivity contribution in [3.63, 3.8) is 0 Å². The Morgan fingerprint density at radius 3 is 2.43 bits per heavy atom. The van der Waals surface area contributed by atoms with E-state index >= 15 is 0 Å². The number of likely N-dealkylation sites (tertiary alicyclic amines) is 1. The maximum absolute atomic E-state index is 11.9. The first-order valence-electron chi connectivity index (χ1n) is 5.27. The van der Waals surface area contributed by atoms with E-state index in [1.165, 1.54) is 0 Å². The molecule has 2 rings (SSSR count). The standard InChI is InChI=1S/C10H18N2O2/c1-2-10(14)6-12(7-10)8(13)9(5-11)3-4-9/h14H,2-7,11H2,1H3. The highest BCUT2D eigenvalue weighted by atomic mass is 16.3. The van der Waals surface area contributed by atoms with Gasteiger partial charge in [-0.25, -0.2) is 0 Å². The Morgan fingerprint density at radius 2 is 2.07 bits per heavy atom. The minimum absolute atomic E-state index is 0.151. The summed E-state index contributed by atoms with van der Waals surface area (Å²) in [5, 5.41) is 9.77. The first kappa shape index (κ1) is 9.93. The number of carbonyl (C=O) groups is 1. The molecular weight excluding hydrogens is 180 g/mol. The summed E-state index contributed by atoms with van der Waals surface area (Å²) < 4.78 is 0. The lowest BCUT2D eigenvalue weighted by molar-refractivity contribution is -0.161. The van der Waals surface area contributed by atoms with Crippen molar-refractivity contribution in [3.8, 4) is 0 Å². The second-order valence-electron chi connectivity index (χ2n) is 4.72. The molecule has 0 atom stereocenters. The van der Waals surface area contributed by atoms with Crippen LogP contribution in [0.5, 0.6) is 0 Å². The van der Waals surface area contributed by atoms with Crippen molar-refractivity contribution >= 4 is 5.91 Å². The molecule has 0 bridgehead atoms. The molecule has 1 amide bonds. The largest absolute Gasteiger partial charge is 0.386 e. The molecule has 80 valence electrons. The third-order valence-electron chi connectivity index (χ3n) is 3.61. The SMILES string of the molecule is CCC1(O)CN(C(=O)C2(CN)CC2)C1. The molecule has 0 spiro atoms. The molecule has 1 saturated heterocycles. The van der Waals surface area contributed by atoms with Crippen molar-refractivity contribution in [3.05, 3.63) is 0 Å². The summed E-state index contributed by atoms with van der Waals surface area (Å²) in [5.41, 5.74) is 4.70. The van der Waals surface area contributed by atoms with Crippen LogP contribution in [-0.4, -0.2) is 41.1 Å². The summed E-state index contributed by atoms with van der Waals surface area (Å²) in [7, 11) is 0. The van der Waals surface area contributed by atoms with Crippen molar-refractivity contribution < 1.29 is 9.90 Å². The van der Waals surface area contributed by atoms with Crippen LogP contribution in [0.25, 0.3) is 0 Å². The van der Waals surface area contributed by atoms with E-state index in [9.17, 15) is 9.90 Å². The van der Waals surface area contributed by atoms with Gasteiger partial charge in [0.2, 0.25) is 5.91 Å². The highest BCUT2D eigenvalue weighted by Gasteiger charge is 2.54.